The van der Waals surface area contributed by atoms with Gasteiger partial charge >= 0.3 is 0 Å². The maximum atomic E-state index is 12.9. The zero-order chi connectivity index (χ0) is 17.7. The molecule has 2 aliphatic heterocycles. The zero-order valence-corrected chi connectivity index (χ0v) is 15.9. The predicted molar refractivity (Wildman–Crippen MR) is 95.9 cm³/mol. The number of sulfone groups is 1. The van der Waals surface area contributed by atoms with E-state index in [1.807, 2.05) is 12.1 Å². The number of nitrogens with zero attached hydrogens (tertiary/aromatic N) is 2. The molecule has 2 heterocycles. The smallest absolute Gasteiger partial charge is 0.243 e. The highest BCUT2D eigenvalue weighted by Crippen LogP contribution is 2.27. The van der Waals surface area contributed by atoms with Crippen LogP contribution in [0, 0.1) is 0 Å². The third-order valence-electron chi connectivity index (χ3n) is 5.71. The summed E-state index contributed by atoms with van der Waals surface area (Å²) in [6, 6.07) is 5.58. The predicted octanol–water partition coefficient (Wildman–Crippen LogP) is 0.669. The van der Waals surface area contributed by atoms with Gasteiger partial charge in [0.25, 0.3) is 0 Å². The van der Waals surface area contributed by atoms with Crippen LogP contribution in [0.3, 0.4) is 0 Å². The molecule has 8 heteroatoms. The fourth-order valence-corrected chi connectivity index (χ4v) is 7.47. The van der Waals surface area contributed by atoms with Gasteiger partial charge in [0.1, 0.15) is 0 Å². The Morgan fingerprint density at radius 2 is 1.72 bits per heavy atom. The van der Waals surface area contributed by atoms with E-state index in [1.165, 1.54) is 5.56 Å². The van der Waals surface area contributed by atoms with Crippen molar-refractivity contribution in [2.45, 2.75) is 36.6 Å². The first-order valence-electron chi connectivity index (χ1n) is 8.92. The van der Waals surface area contributed by atoms with Crippen molar-refractivity contribution in [2.24, 2.45) is 0 Å². The van der Waals surface area contributed by atoms with Crippen LogP contribution in [0.25, 0.3) is 0 Å². The van der Waals surface area contributed by atoms with Crippen LogP contribution in [0.15, 0.2) is 23.1 Å². The summed E-state index contributed by atoms with van der Waals surface area (Å²) in [6.07, 6.45) is 3.77. The number of benzene rings is 1. The molecule has 3 aliphatic rings. The number of rotatable bonds is 3. The van der Waals surface area contributed by atoms with E-state index in [-0.39, 0.29) is 17.5 Å². The molecule has 0 spiro atoms. The van der Waals surface area contributed by atoms with E-state index in [9.17, 15) is 16.8 Å². The Morgan fingerprint density at radius 1 is 1.00 bits per heavy atom. The molecule has 1 aromatic rings. The van der Waals surface area contributed by atoms with Crippen LogP contribution in [0.2, 0.25) is 0 Å². The maximum Gasteiger partial charge on any atom is 0.243 e. The molecule has 2 saturated heterocycles. The van der Waals surface area contributed by atoms with Crippen LogP contribution in [0.1, 0.15) is 24.0 Å². The first-order chi connectivity index (χ1) is 11.9. The van der Waals surface area contributed by atoms with Crippen LogP contribution in [0.5, 0.6) is 0 Å². The molecule has 1 aromatic carbocycles. The van der Waals surface area contributed by atoms with Crippen LogP contribution in [-0.4, -0.2) is 69.8 Å². The first kappa shape index (κ1) is 17.5. The third-order valence-corrected chi connectivity index (χ3v) is 9.35. The minimum atomic E-state index is -3.46. The van der Waals surface area contributed by atoms with Crippen molar-refractivity contribution in [1.82, 2.24) is 9.21 Å². The summed E-state index contributed by atoms with van der Waals surface area (Å²) in [5.74, 6) is 0.468. The van der Waals surface area contributed by atoms with Gasteiger partial charge in [0.2, 0.25) is 10.0 Å². The van der Waals surface area contributed by atoms with Crippen molar-refractivity contribution in [3.63, 3.8) is 0 Å². The summed E-state index contributed by atoms with van der Waals surface area (Å²) in [6.45, 7) is 2.06. The number of hydrogen-bond acceptors (Lipinski definition) is 5. The Kier molecular flexibility index (Phi) is 4.42. The van der Waals surface area contributed by atoms with Crippen LogP contribution in [0.4, 0.5) is 0 Å². The van der Waals surface area contributed by atoms with E-state index < -0.39 is 19.9 Å². The van der Waals surface area contributed by atoms with Gasteiger partial charge in [0, 0.05) is 32.2 Å². The van der Waals surface area contributed by atoms with Gasteiger partial charge in [-0.05, 0) is 48.9 Å². The van der Waals surface area contributed by atoms with Crippen molar-refractivity contribution in [3.05, 3.63) is 29.3 Å². The van der Waals surface area contributed by atoms with E-state index in [0.29, 0.717) is 37.5 Å². The quantitative estimate of drug-likeness (QED) is 0.766. The van der Waals surface area contributed by atoms with Crippen molar-refractivity contribution >= 4 is 19.9 Å². The number of piperazine rings is 1. The second kappa shape index (κ2) is 6.33. The van der Waals surface area contributed by atoms with Gasteiger partial charge in [-0.25, -0.2) is 16.8 Å². The Morgan fingerprint density at radius 3 is 2.40 bits per heavy atom. The highest BCUT2D eigenvalue weighted by Gasteiger charge is 2.36. The second-order valence-electron chi connectivity index (χ2n) is 7.28. The van der Waals surface area contributed by atoms with Gasteiger partial charge < -0.3 is 0 Å². The number of aryl methyl sites for hydroxylation is 2. The summed E-state index contributed by atoms with van der Waals surface area (Å²) >= 11 is 0. The normalized spacial score (nSPS) is 27.4. The molecule has 0 radical (unpaired) electrons. The van der Waals surface area contributed by atoms with Crippen molar-refractivity contribution < 1.29 is 16.8 Å². The molecule has 0 unspecified atom stereocenters. The lowest BCUT2D eigenvalue weighted by Gasteiger charge is -2.37. The van der Waals surface area contributed by atoms with Gasteiger partial charge in [0.05, 0.1) is 16.4 Å². The van der Waals surface area contributed by atoms with Gasteiger partial charge in [-0.15, -0.1) is 0 Å². The lowest BCUT2D eigenvalue weighted by molar-refractivity contribution is 0.148. The molecule has 1 atom stereocenters. The Hall–Kier alpha value is -0.960. The lowest BCUT2D eigenvalue weighted by atomic mass is 10.1. The number of sulfonamides is 1. The van der Waals surface area contributed by atoms with Crippen LogP contribution >= 0.6 is 0 Å². The fraction of sp³-hybridized carbons (Fsp3) is 0.647. The molecular weight excluding hydrogens is 360 g/mol. The molecule has 25 heavy (non-hydrogen) atoms. The van der Waals surface area contributed by atoms with Crippen molar-refractivity contribution in [1.29, 1.82) is 0 Å². The molecule has 0 bridgehead atoms. The monoisotopic (exact) mass is 384 g/mol. The van der Waals surface area contributed by atoms with Crippen LogP contribution in [-0.2, 0) is 32.7 Å². The molecule has 0 N–H and O–H groups in total. The maximum absolute atomic E-state index is 12.9. The number of fused-ring (bicyclic) bond motifs is 1. The zero-order valence-electron chi connectivity index (χ0n) is 14.2. The van der Waals surface area contributed by atoms with E-state index in [1.54, 1.807) is 10.4 Å². The molecular formula is C17H24N2O4S2. The molecule has 0 amide bonds. The van der Waals surface area contributed by atoms with Gasteiger partial charge in [-0.3, -0.25) is 4.90 Å². The highest BCUT2D eigenvalue weighted by atomic mass is 32.2. The summed E-state index contributed by atoms with van der Waals surface area (Å²) in [5, 5.41) is 0. The summed E-state index contributed by atoms with van der Waals surface area (Å²) in [7, 11) is -6.37. The molecule has 138 valence electrons. The lowest BCUT2D eigenvalue weighted by Crippen LogP contribution is -2.52. The van der Waals surface area contributed by atoms with E-state index in [4.69, 9.17) is 0 Å². The summed E-state index contributed by atoms with van der Waals surface area (Å²) in [5.41, 5.74) is 2.43. The average molecular weight is 385 g/mol. The minimum Gasteiger partial charge on any atom is -0.297 e. The Bertz CT molecular complexity index is 872. The molecule has 4 rings (SSSR count). The Labute approximate surface area is 149 Å². The molecule has 6 nitrogen and oxygen atoms in total. The fourth-order valence-electron chi connectivity index (χ4n) is 4.23. The van der Waals surface area contributed by atoms with Gasteiger partial charge in [-0.1, -0.05) is 6.07 Å². The number of hydrogen-bond donors (Lipinski definition) is 0. The van der Waals surface area contributed by atoms with E-state index in [2.05, 4.69) is 4.90 Å². The largest absolute Gasteiger partial charge is 0.297 e. The first-order valence-corrected chi connectivity index (χ1v) is 12.2. The van der Waals surface area contributed by atoms with Crippen molar-refractivity contribution in [2.75, 3.05) is 37.7 Å². The molecule has 0 aromatic heterocycles. The minimum absolute atomic E-state index is 0.0508. The SMILES string of the molecule is O=S1(=O)CC[C@H](N2CCN(S(=O)(=O)c3ccc4c(c3)CCC4)CC2)C1. The van der Waals surface area contributed by atoms with Gasteiger partial charge in [-0.2, -0.15) is 4.31 Å². The summed E-state index contributed by atoms with van der Waals surface area (Å²) in [4.78, 5) is 2.53. The standard InChI is InChI=1S/C17H24N2O4S2/c20-24(21)11-6-16(13-24)18-7-9-19(10-8-18)25(22,23)17-5-4-14-2-1-3-15(14)12-17/h4-5,12,16H,1-3,6-11,13H2/t16-/m0/s1. The van der Waals surface area contributed by atoms with Crippen molar-refractivity contribution in [3.8, 4) is 0 Å². The van der Waals surface area contributed by atoms with Gasteiger partial charge in [0.15, 0.2) is 9.84 Å². The topological polar surface area (TPSA) is 74.8 Å². The molecule has 2 fully saturated rings. The molecule has 0 saturated carbocycles. The highest BCUT2D eigenvalue weighted by molar-refractivity contribution is 7.91. The third kappa shape index (κ3) is 3.37. The van der Waals surface area contributed by atoms with E-state index in [0.717, 1.165) is 24.8 Å². The van der Waals surface area contributed by atoms with Crippen LogP contribution < -0.4 is 0 Å². The Balaban J connectivity index is 1.45. The molecule has 1 aliphatic carbocycles. The average Bonchev–Trinajstić information content (AvgIpc) is 3.20. The second-order valence-corrected chi connectivity index (χ2v) is 11.4. The summed E-state index contributed by atoms with van der Waals surface area (Å²) < 4.78 is 50.7. The van der Waals surface area contributed by atoms with E-state index >= 15 is 0 Å².